The van der Waals surface area contributed by atoms with Crippen molar-refractivity contribution in [1.29, 1.82) is 0 Å². The molecule has 0 aromatic heterocycles. The first-order chi connectivity index (χ1) is 10.3. The van der Waals surface area contributed by atoms with Gasteiger partial charge in [-0.1, -0.05) is 19.9 Å². The Bertz CT molecular complexity index is 615. The van der Waals surface area contributed by atoms with Gasteiger partial charge in [-0.3, -0.25) is 14.4 Å². The highest BCUT2D eigenvalue weighted by Gasteiger charge is 2.53. The minimum Gasteiger partial charge on any atom is -0.461 e. The highest BCUT2D eigenvalue weighted by molar-refractivity contribution is 6.06. The first-order valence-corrected chi connectivity index (χ1v) is 7.64. The number of fused-ring (bicyclic) bond motifs is 3. The van der Waals surface area contributed by atoms with E-state index in [-0.39, 0.29) is 41.7 Å². The molecule has 0 radical (unpaired) electrons. The van der Waals surface area contributed by atoms with Gasteiger partial charge in [0.1, 0.15) is 12.7 Å². The predicted octanol–water partition coefficient (Wildman–Crippen LogP) is 1.96. The highest BCUT2D eigenvalue weighted by atomic mass is 16.6. The lowest BCUT2D eigenvalue weighted by atomic mass is 9.61. The van der Waals surface area contributed by atoms with E-state index in [2.05, 4.69) is 0 Å². The van der Waals surface area contributed by atoms with Crippen LogP contribution in [0.3, 0.4) is 0 Å². The molecule has 0 unspecified atom stereocenters. The molecule has 0 amide bonds. The summed E-state index contributed by atoms with van der Waals surface area (Å²) in [4.78, 5) is 35.3. The molecule has 2 aliphatic carbocycles. The molecule has 0 N–H and O–H groups in total. The van der Waals surface area contributed by atoms with Crippen LogP contribution in [0.4, 0.5) is 0 Å². The molecule has 0 aromatic rings. The molecule has 3 aliphatic rings. The molecule has 5 heteroatoms. The van der Waals surface area contributed by atoms with E-state index in [1.54, 1.807) is 6.08 Å². The van der Waals surface area contributed by atoms with Gasteiger partial charge in [-0.25, -0.2) is 0 Å². The summed E-state index contributed by atoms with van der Waals surface area (Å²) in [6.45, 7) is 5.18. The molecule has 3 rings (SSSR count). The minimum absolute atomic E-state index is 0.0570. The van der Waals surface area contributed by atoms with Gasteiger partial charge in [0.2, 0.25) is 0 Å². The van der Waals surface area contributed by atoms with Crippen LogP contribution in [0.1, 0.15) is 33.6 Å². The van der Waals surface area contributed by atoms with Crippen molar-refractivity contribution in [2.24, 2.45) is 17.3 Å². The summed E-state index contributed by atoms with van der Waals surface area (Å²) in [5, 5.41) is 0. The van der Waals surface area contributed by atoms with E-state index in [1.165, 1.54) is 6.92 Å². The van der Waals surface area contributed by atoms with Gasteiger partial charge in [0, 0.05) is 23.8 Å². The fraction of sp³-hybridized carbons (Fsp3) is 0.588. The molecule has 2 fully saturated rings. The fourth-order valence-electron chi connectivity index (χ4n) is 3.86. The first-order valence-electron chi connectivity index (χ1n) is 7.64. The zero-order valence-electron chi connectivity index (χ0n) is 13.0. The lowest BCUT2D eigenvalue weighted by Crippen LogP contribution is -2.41. The Morgan fingerprint density at radius 3 is 2.86 bits per heavy atom. The van der Waals surface area contributed by atoms with E-state index in [9.17, 15) is 14.4 Å². The van der Waals surface area contributed by atoms with E-state index in [0.29, 0.717) is 5.57 Å². The number of allylic oxidation sites excluding steroid dienone is 2. The van der Waals surface area contributed by atoms with E-state index in [0.717, 1.165) is 18.4 Å². The van der Waals surface area contributed by atoms with Gasteiger partial charge in [-0.05, 0) is 24.5 Å². The second kappa shape index (κ2) is 5.07. The summed E-state index contributed by atoms with van der Waals surface area (Å²) in [6, 6.07) is 0. The zero-order chi connectivity index (χ0) is 16.1. The van der Waals surface area contributed by atoms with Crippen LogP contribution >= 0.6 is 0 Å². The molecule has 0 bridgehead atoms. The van der Waals surface area contributed by atoms with E-state index < -0.39 is 5.97 Å². The average Bonchev–Trinajstić information content (AvgIpc) is 2.74. The van der Waals surface area contributed by atoms with E-state index in [1.807, 2.05) is 19.9 Å². The topological polar surface area (TPSA) is 69.7 Å². The smallest absolute Gasteiger partial charge is 0.309 e. The molecule has 118 valence electrons. The lowest BCUT2D eigenvalue weighted by Gasteiger charge is -2.43. The second-order valence-electron chi connectivity index (χ2n) is 6.64. The number of ketones is 1. The van der Waals surface area contributed by atoms with Crippen LogP contribution in [0.25, 0.3) is 0 Å². The van der Waals surface area contributed by atoms with Crippen LogP contribution in [0.2, 0.25) is 0 Å². The van der Waals surface area contributed by atoms with Crippen LogP contribution in [0, 0.1) is 17.3 Å². The van der Waals surface area contributed by atoms with Gasteiger partial charge < -0.3 is 9.47 Å². The quantitative estimate of drug-likeness (QED) is 0.729. The Labute approximate surface area is 129 Å². The third-order valence-corrected chi connectivity index (χ3v) is 5.19. The molecule has 5 nitrogen and oxygen atoms in total. The Morgan fingerprint density at radius 2 is 2.18 bits per heavy atom. The monoisotopic (exact) mass is 304 g/mol. The van der Waals surface area contributed by atoms with Gasteiger partial charge in [-0.2, -0.15) is 0 Å². The Balaban J connectivity index is 2.05. The Morgan fingerprint density at radius 1 is 1.45 bits per heavy atom. The van der Waals surface area contributed by atoms with Gasteiger partial charge in [0.15, 0.2) is 5.78 Å². The van der Waals surface area contributed by atoms with Crippen molar-refractivity contribution in [2.75, 3.05) is 6.61 Å². The molecule has 1 saturated heterocycles. The number of hydrogen-bond acceptors (Lipinski definition) is 5. The van der Waals surface area contributed by atoms with Crippen LogP contribution < -0.4 is 0 Å². The lowest BCUT2D eigenvalue weighted by molar-refractivity contribution is -0.144. The first kappa shape index (κ1) is 15.0. The molecule has 1 saturated carbocycles. The molecule has 1 aliphatic heterocycles. The van der Waals surface area contributed by atoms with Gasteiger partial charge in [-0.15, -0.1) is 0 Å². The van der Waals surface area contributed by atoms with Crippen LogP contribution in [-0.2, 0) is 23.9 Å². The van der Waals surface area contributed by atoms with Crippen molar-refractivity contribution in [1.82, 2.24) is 0 Å². The van der Waals surface area contributed by atoms with Gasteiger partial charge in [0.25, 0.3) is 0 Å². The predicted molar refractivity (Wildman–Crippen MR) is 77.7 cm³/mol. The summed E-state index contributed by atoms with van der Waals surface area (Å²) in [5.74, 6) is -0.855. The maximum atomic E-state index is 12.3. The number of esters is 2. The Hall–Kier alpha value is -1.91. The SMILES string of the molecule is CC(=O)OCC1=C2[C@H]3OC(=O)[C@@H](C)[C@@H]3CC[C@@]2(C)C=CC1=O. The molecule has 1 heterocycles. The fourth-order valence-corrected chi connectivity index (χ4v) is 3.86. The standard InChI is InChI=1S/C17H20O5/c1-9-11-4-6-17(3)7-5-13(19)12(8-21-10(2)18)14(17)15(11)22-16(9)20/h5,7,9,11,15H,4,6,8H2,1-3H3/t9-,11-,15-,17-/m0/s1. The second-order valence-corrected chi connectivity index (χ2v) is 6.64. The van der Waals surface area contributed by atoms with Crippen LogP contribution in [0.5, 0.6) is 0 Å². The summed E-state index contributed by atoms with van der Waals surface area (Å²) in [5.41, 5.74) is 0.988. The van der Waals surface area contributed by atoms with Crippen LogP contribution in [0.15, 0.2) is 23.3 Å². The van der Waals surface area contributed by atoms with Crippen molar-refractivity contribution < 1.29 is 23.9 Å². The average molecular weight is 304 g/mol. The molecule has 4 atom stereocenters. The summed E-state index contributed by atoms with van der Waals surface area (Å²) in [6.07, 6.45) is 4.81. The van der Waals surface area contributed by atoms with Gasteiger partial charge >= 0.3 is 11.9 Å². The molecular formula is C17H20O5. The maximum absolute atomic E-state index is 12.3. The third-order valence-electron chi connectivity index (χ3n) is 5.19. The van der Waals surface area contributed by atoms with E-state index >= 15 is 0 Å². The van der Waals surface area contributed by atoms with Crippen LogP contribution in [-0.4, -0.2) is 30.4 Å². The van der Waals surface area contributed by atoms with Gasteiger partial charge in [0.05, 0.1) is 5.92 Å². The number of hydrogen-bond donors (Lipinski definition) is 0. The number of ether oxygens (including phenoxy) is 2. The number of carbonyl (C=O) groups excluding carboxylic acids is 3. The summed E-state index contributed by atoms with van der Waals surface area (Å²) >= 11 is 0. The summed E-state index contributed by atoms with van der Waals surface area (Å²) < 4.78 is 10.6. The molecule has 0 spiro atoms. The zero-order valence-corrected chi connectivity index (χ0v) is 13.0. The summed E-state index contributed by atoms with van der Waals surface area (Å²) in [7, 11) is 0. The van der Waals surface area contributed by atoms with Crippen molar-refractivity contribution in [3.05, 3.63) is 23.3 Å². The minimum atomic E-state index is -0.429. The highest BCUT2D eigenvalue weighted by Crippen LogP contribution is 2.53. The van der Waals surface area contributed by atoms with Crippen molar-refractivity contribution in [3.63, 3.8) is 0 Å². The number of carbonyl (C=O) groups is 3. The maximum Gasteiger partial charge on any atom is 0.309 e. The van der Waals surface area contributed by atoms with Crippen molar-refractivity contribution in [3.8, 4) is 0 Å². The van der Waals surface area contributed by atoms with E-state index in [4.69, 9.17) is 9.47 Å². The number of rotatable bonds is 2. The molecular weight excluding hydrogens is 284 g/mol. The largest absolute Gasteiger partial charge is 0.461 e. The molecule has 22 heavy (non-hydrogen) atoms. The van der Waals surface area contributed by atoms with Crippen molar-refractivity contribution >= 4 is 17.7 Å². The van der Waals surface area contributed by atoms with Crippen molar-refractivity contribution in [2.45, 2.75) is 39.7 Å². The Kier molecular flexibility index (Phi) is 3.46. The third kappa shape index (κ3) is 2.19. The normalized spacial score (nSPS) is 36.8. The molecule has 0 aromatic carbocycles.